The molecule has 1 saturated carbocycles. The molecule has 0 bridgehead atoms. The quantitative estimate of drug-likeness (QED) is 0.455. The molecule has 0 aliphatic heterocycles. The van der Waals surface area contributed by atoms with E-state index in [1.807, 2.05) is 48.5 Å². The van der Waals surface area contributed by atoms with Gasteiger partial charge < -0.3 is 10.4 Å². The van der Waals surface area contributed by atoms with Crippen molar-refractivity contribution in [1.29, 1.82) is 0 Å². The Balaban J connectivity index is 1.61. The Labute approximate surface area is 166 Å². The van der Waals surface area contributed by atoms with Crippen LogP contribution in [0.2, 0.25) is 5.02 Å². The molecule has 3 N–H and O–H groups in total. The van der Waals surface area contributed by atoms with Crippen LogP contribution in [0.3, 0.4) is 0 Å². The third-order valence-corrected chi connectivity index (χ3v) is 5.12. The highest BCUT2D eigenvalue weighted by Gasteiger charge is 2.25. The fraction of sp³-hybridized carbons (Fsp3) is 0.190. The van der Waals surface area contributed by atoms with Gasteiger partial charge in [-0.1, -0.05) is 29.8 Å². The van der Waals surface area contributed by atoms with Gasteiger partial charge in [0.05, 0.1) is 12.1 Å². The number of nitrogens with one attached hydrogen (secondary N) is 2. The minimum Gasteiger partial charge on any atom is -0.392 e. The number of aromatic amines is 1. The highest BCUT2D eigenvalue weighted by Crippen LogP contribution is 2.40. The third-order valence-electron chi connectivity index (χ3n) is 4.89. The van der Waals surface area contributed by atoms with E-state index >= 15 is 0 Å². The van der Waals surface area contributed by atoms with Crippen LogP contribution in [-0.4, -0.2) is 25.3 Å². The first-order chi connectivity index (χ1) is 13.7. The lowest BCUT2D eigenvalue weighted by Gasteiger charge is -2.10. The highest BCUT2D eigenvalue weighted by molar-refractivity contribution is 6.31. The van der Waals surface area contributed by atoms with Crippen molar-refractivity contribution >= 4 is 34.1 Å². The van der Waals surface area contributed by atoms with E-state index in [1.165, 1.54) is 12.8 Å². The molecule has 0 atom stereocenters. The number of benzene rings is 2. The molecular formula is C21H18ClN5O. The largest absolute Gasteiger partial charge is 0.392 e. The third kappa shape index (κ3) is 3.32. The van der Waals surface area contributed by atoms with Crippen LogP contribution in [0.25, 0.3) is 22.3 Å². The number of anilines is 2. The predicted octanol–water partition coefficient (Wildman–Crippen LogP) is 4.79. The van der Waals surface area contributed by atoms with Crippen LogP contribution in [0, 0.1) is 0 Å². The van der Waals surface area contributed by atoms with Crippen LogP contribution in [0.15, 0.2) is 48.5 Å². The minimum absolute atomic E-state index is 0.0284. The summed E-state index contributed by atoms with van der Waals surface area (Å²) in [6.07, 6.45) is 2.41. The van der Waals surface area contributed by atoms with Gasteiger partial charge in [0, 0.05) is 33.7 Å². The van der Waals surface area contributed by atoms with Gasteiger partial charge in [0.1, 0.15) is 5.82 Å². The van der Waals surface area contributed by atoms with Crippen molar-refractivity contribution in [2.75, 3.05) is 5.32 Å². The van der Waals surface area contributed by atoms with Crippen molar-refractivity contribution in [1.82, 2.24) is 20.2 Å². The SMILES string of the molecule is OCc1cccc(-c2nc(Nc3cc(C4CC4)[nH]n3)c3cc(Cl)ccc3n2)c1. The van der Waals surface area contributed by atoms with E-state index in [2.05, 4.69) is 20.5 Å². The van der Waals surface area contributed by atoms with Crippen molar-refractivity contribution in [3.63, 3.8) is 0 Å². The van der Waals surface area contributed by atoms with Crippen LogP contribution in [0.1, 0.15) is 30.0 Å². The summed E-state index contributed by atoms with van der Waals surface area (Å²) >= 11 is 6.21. The van der Waals surface area contributed by atoms with Gasteiger partial charge in [0.2, 0.25) is 0 Å². The van der Waals surface area contributed by atoms with E-state index in [0.717, 1.165) is 33.5 Å². The molecule has 4 aromatic rings. The second-order valence-electron chi connectivity index (χ2n) is 7.02. The molecule has 1 aliphatic rings. The van der Waals surface area contributed by atoms with Gasteiger partial charge in [-0.25, -0.2) is 9.97 Å². The number of aliphatic hydroxyl groups is 1. The van der Waals surface area contributed by atoms with E-state index in [-0.39, 0.29) is 6.61 Å². The average molecular weight is 392 g/mol. The molecule has 0 amide bonds. The molecular weight excluding hydrogens is 374 g/mol. The van der Waals surface area contributed by atoms with E-state index in [4.69, 9.17) is 16.6 Å². The normalized spacial score (nSPS) is 13.8. The van der Waals surface area contributed by atoms with Crippen molar-refractivity contribution < 1.29 is 5.11 Å². The number of halogens is 1. The number of fused-ring (bicyclic) bond motifs is 1. The molecule has 6 nitrogen and oxygen atoms in total. The zero-order chi connectivity index (χ0) is 19.1. The molecule has 2 aromatic heterocycles. The first-order valence-corrected chi connectivity index (χ1v) is 9.57. The molecule has 0 spiro atoms. The van der Waals surface area contributed by atoms with Crippen molar-refractivity contribution in [3.8, 4) is 11.4 Å². The van der Waals surface area contributed by atoms with Crippen LogP contribution >= 0.6 is 11.6 Å². The molecule has 0 saturated heterocycles. The van der Waals surface area contributed by atoms with Crippen LogP contribution in [-0.2, 0) is 6.61 Å². The minimum atomic E-state index is -0.0284. The molecule has 140 valence electrons. The van der Waals surface area contributed by atoms with Gasteiger partial charge >= 0.3 is 0 Å². The van der Waals surface area contributed by atoms with E-state index < -0.39 is 0 Å². The second-order valence-corrected chi connectivity index (χ2v) is 7.46. The second kappa shape index (κ2) is 6.89. The maximum absolute atomic E-state index is 9.43. The van der Waals surface area contributed by atoms with Crippen molar-refractivity contribution in [2.45, 2.75) is 25.4 Å². The molecule has 28 heavy (non-hydrogen) atoms. The fourth-order valence-corrected chi connectivity index (χ4v) is 3.43. The summed E-state index contributed by atoms with van der Waals surface area (Å²) in [4.78, 5) is 9.42. The molecule has 2 aromatic carbocycles. The summed E-state index contributed by atoms with van der Waals surface area (Å²) in [6.45, 7) is -0.0284. The van der Waals surface area contributed by atoms with E-state index in [1.54, 1.807) is 0 Å². The lowest BCUT2D eigenvalue weighted by Crippen LogP contribution is -2.00. The molecule has 1 fully saturated rings. The Morgan fingerprint density at radius 3 is 2.82 bits per heavy atom. The lowest BCUT2D eigenvalue weighted by molar-refractivity contribution is 0.282. The Morgan fingerprint density at radius 2 is 2.00 bits per heavy atom. The predicted molar refractivity (Wildman–Crippen MR) is 110 cm³/mol. The van der Waals surface area contributed by atoms with Crippen LogP contribution in [0.4, 0.5) is 11.6 Å². The van der Waals surface area contributed by atoms with Crippen molar-refractivity contribution in [3.05, 3.63) is 64.8 Å². The first-order valence-electron chi connectivity index (χ1n) is 9.19. The van der Waals surface area contributed by atoms with Gasteiger partial charge in [0.15, 0.2) is 11.6 Å². The highest BCUT2D eigenvalue weighted by atomic mass is 35.5. The lowest BCUT2D eigenvalue weighted by atomic mass is 10.1. The maximum Gasteiger partial charge on any atom is 0.162 e. The summed E-state index contributed by atoms with van der Waals surface area (Å²) in [6, 6.07) is 15.1. The Morgan fingerprint density at radius 1 is 1.11 bits per heavy atom. The number of hydrogen-bond donors (Lipinski definition) is 3. The molecule has 1 aliphatic carbocycles. The van der Waals surface area contributed by atoms with Crippen LogP contribution in [0.5, 0.6) is 0 Å². The fourth-order valence-electron chi connectivity index (χ4n) is 3.26. The van der Waals surface area contributed by atoms with Gasteiger partial charge in [-0.05, 0) is 42.7 Å². The molecule has 5 rings (SSSR count). The van der Waals surface area contributed by atoms with Gasteiger partial charge in [0.25, 0.3) is 0 Å². The number of aromatic nitrogens is 4. The molecule has 0 unspecified atom stereocenters. The molecule has 2 heterocycles. The smallest absolute Gasteiger partial charge is 0.162 e. The standard InChI is InChI=1S/C21H18ClN5O/c22-15-6-7-17-16(9-15)21(24-19-10-18(26-27-19)13-4-5-13)25-20(23-17)14-3-1-2-12(8-14)11-28/h1-3,6-10,13,28H,4-5,11H2,(H2,23,24,25,26,27). The zero-order valence-electron chi connectivity index (χ0n) is 15.0. The maximum atomic E-state index is 9.43. The van der Waals surface area contributed by atoms with Crippen molar-refractivity contribution in [2.24, 2.45) is 0 Å². The van der Waals surface area contributed by atoms with Gasteiger partial charge in [-0.3, -0.25) is 5.10 Å². The number of rotatable bonds is 5. The Hall–Kier alpha value is -2.96. The number of hydrogen-bond acceptors (Lipinski definition) is 5. The molecule has 7 heteroatoms. The Bertz CT molecular complexity index is 1170. The summed E-state index contributed by atoms with van der Waals surface area (Å²) in [5.74, 6) is 2.53. The number of nitrogens with zero attached hydrogens (tertiary/aromatic N) is 3. The number of aliphatic hydroxyl groups excluding tert-OH is 1. The average Bonchev–Trinajstić information content (AvgIpc) is 3.47. The summed E-state index contributed by atoms with van der Waals surface area (Å²) < 4.78 is 0. The molecule has 0 radical (unpaired) electrons. The number of H-pyrrole nitrogens is 1. The van der Waals surface area contributed by atoms with E-state index in [0.29, 0.717) is 22.6 Å². The summed E-state index contributed by atoms with van der Waals surface area (Å²) in [5.41, 5.74) is 3.58. The van der Waals surface area contributed by atoms with Gasteiger partial charge in [-0.2, -0.15) is 5.10 Å². The summed E-state index contributed by atoms with van der Waals surface area (Å²) in [7, 11) is 0. The monoisotopic (exact) mass is 391 g/mol. The van der Waals surface area contributed by atoms with Gasteiger partial charge in [-0.15, -0.1) is 0 Å². The van der Waals surface area contributed by atoms with Crippen LogP contribution < -0.4 is 5.32 Å². The topological polar surface area (TPSA) is 86.7 Å². The van der Waals surface area contributed by atoms with E-state index in [9.17, 15) is 5.11 Å². The first kappa shape index (κ1) is 17.2. The zero-order valence-corrected chi connectivity index (χ0v) is 15.7. The Kier molecular flexibility index (Phi) is 4.22. The summed E-state index contributed by atoms with van der Waals surface area (Å²) in [5, 5.41) is 21.7.